The molecule has 0 amide bonds. The standard InChI is InChI=1S/C17H22FN5OS.C2HF3O2/c1-13-21-15(11-25-13)10-22-4-2-17(3-5-22)12-23(6-7-24-17)16-19-8-14(18)9-20-16;3-2(4,5)1(6)7/h8-9,11H,2-7,10,12H2,1H3;(H,6,7). The van der Waals surface area contributed by atoms with Gasteiger partial charge in [-0.1, -0.05) is 0 Å². The van der Waals surface area contributed by atoms with E-state index in [1.807, 2.05) is 6.92 Å². The van der Waals surface area contributed by atoms with Crippen molar-refractivity contribution in [3.05, 3.63) is 34.3 Å². The van der Waals surface area contributed by atoms with E-state index in [4.69, 9.17) is 14.6 Å². The second-order valence-corrected chi connectivity index (χ2v) is 8.65. The summed E-state index contributed by atoms with van der Waals surface area (Å²) >= 11 is 1.70. The van der Waals surface area contributed by atoms with Crippen LogP contribution in [0.25, 0.3) is 0 Å². The summed E-state index contributed by atoms with van der Waals surface area (Å²) < 4.78 is 51.0. The molecule has 0 saturated carbocycles. The number of aryl methyl sites for hydroxylation is 1. The van der Waals surface area contributed by atoms with Crippen molar-refractivity contribution in [1.82, 2.24) is 19.9 Å². The third-order valence-electron chi connectivity index (χ3n) is 5.20. The van der Waals surface area contributed by atoms with E-state index < -0.39 is 18.0 Å². The van der Waals surface area contributed by atoms with Gasteiger partial charge >= 0.3 is 12.1 Å². The molecule has 176 valence electrons. The van der Waals surface area contributed by atoms with Crippen LogP contribution in [0, 0.1) is 12.7 Å². The number of likely N-dealkylation sites (tertiary alicyclic amines) is 1. The minimum atomic E-state index is -5.08. The molecule has 2 aromatic heterocycles. The molecule has 2 aromatic rings. The van der Waals surface area contributed by atoms with Crippen LogP contribution in [0.3, 0.4) is 0 Å². The molecule has 2 aliphatic rings. The van der Waals surface area contributed by atoms with Crippen LogP contribution >= 0.6 is 11.3 Å². The van der Waals surface area contributed by atoms with E-state index in [0.29, 0.717) is 12.6 Å². The Bertz CT molecular complexity index is 901. The second-order valence-electron chi connectivity index (χ2n) is 7.59. The van der Waals surface area contributed by atoms with Crippen LogP contribution in [0.4, 0.5) is 23.5 Å². The van der Waals surface area contributed by atoms with Crippen LogP contribution in [0.2, 0.25) is 0 Å². The molecule has 2 fully saturated rings. The molecule has 0 aromatic carbocycles. The summed E-state index contributed by atoms with van der Waals surface area (Å²) in [6, 6.07) is 0. The van der Waals surface area contributed by atoms with Gasteiger partial charge in [-0.25, -0.2) is 24.1 Å². The number of carbonyl (C=O) groups is 1. The van der Waals surface area contributed by atoms with Crippen molar-refractivity contribution in [1.29, 1.82) is 0 Å². The van der Waals surface area contributed by atoms with Crippen molar-refractivity contribution in [2.75, 3.05) is 37.7 Å². The van der Waals surface area contributed by atoms with E-state index in [9.17, 15) is 17.6 Å². The van der Waals surface area contributed by atoms with Gasteiger partial charge in [0.2, 0.25) is 5.95 Å². The number of halogens is 4. The van der Waals surface area contributed by atoms with Gasteiger partial charge in [0.25, 0.3) is 0 Å². The van der Waals surface area contributed by atoms with Gasteiger partial charge in [0.05, 0.1) is 41.8 Å². The summed E-state index contributed by atoms with van der Waals surface area (Å²) in [5.41, 5.74) is 1.01. The van der Waals surface area contributed by atoms with Crippen LogP contribution in [0.1, 0.15) is 23.5 Å². The highest BCUT2D eigenvalue weighted by atomic mass is 32.1. The fourth-order valence-electron chi connectivity index (χ4n) is 3.62. The Hall–Kier alpha value is -2.38. The number of anilines is 1. The van der Waals surface area contributed by atoms with E-state index in [-0.39, 0.29) is 5.60 Å². The number of carboxylic acids is 1. The second kappa shape index (κ2) is 10.0. The van der Waals surface area contributed by atoms with Crippen LogP contribution in [-0.2, 0) is 16.1 Å². The number of morpholine rings is 1. The lowest BCUT2D eigenvalue weighted by molar-refractivity contribution is -0.192. The van der Waals surface area contributed by atoms with Crippen LogP contribution < -0.4 is 4.90 Å². The largest absolute Gasteiger partial charge is 0.490 e. The van der Waals surface area contributed by atoms with E-state index in [1.54, 1.807) is 11.3 Å². The third kappa shape index (κ3) is 6.56. The van der Waals surface area contributed by atoms with Crippen LogP contribution in [-0.4, -0.2) is 75.5 Å². The first-order valence-corrected chi connectivity index (χ1v) is 10.7. The Morgan fingerprint density at radius 1 is 1.25 bits per heavy atom. The van der Waals surface area contributed by atoms with Crippen LogP contribution in [0.15, 0.2) is 17.8 Å². The molecular formula is C19H23F4N5O3S. The Labute approximate surface area is 185 Å². The molecule has 1 N–H and O–H groups in total. The lowest BCUT2D eigenvalue weighted by Gasteiger charge is -2.47. The Balaban J connectivity index is 0.000000360. The van der Waals surface area contributed by atoms with E-state index >= 15 is 0 Å². The number of rotatable bonds is 3. The zero-order valence-corrected chi connectivity index (χ0v) is 18.1. The number of piperidine rings is 1. The fourth-order valence-corrected chi connectivity index (χ4v) is 4.22. The van der Waals surface area contributed by atoms with Crippen molar-refractivity contribution in [2.45, 2.75) is 38.1 Å². The highest BCUT2D eigenvalue weighted by Crippen LogP contribution is 2.32. The monoisotopic (exact) mass is 477 g/mol. The summed E-state index contributed by atoms with van der Waals surface area (Å²) in [4.78, 5) is 26.2. The maximum atomic E-state index is 13.0. The van der Waals surface area contributed by atoms with Gasteiger partial charge in [0.1, 0.15) is 0 Å². The topological polar surface area (TPSA) is 91.7 Å². The van der Waals surface area contributed by atoms with E-state index in [0.717, 1.165) is 56.3 Å². The van der Waals surface area contributed by atoms with Gasteiger partial charge in [-0.3, -0.25) is 4.90 Å². The molecule has 8 nitrogen and oxygen atoms in total. The SMILES string of the molecule is Cc1nc(CN2CCC3(CC2)CN(c2ncc(F)cn2)CCO3)cs1.O=C(O)C(F)(F)F. The molecule has 0 atom stereocenters. The number of aromatic nitrogens is 3. The van der Waals surface area contributed by atoms with Gasteiger partial charge in [0.15, 0.2) is 5.82 Å². The van der Waals surface area contributed by atoms with Gasteiger partial charge in [0, 0.05) is 31.6 Å². The summed E-state index contributed by atoms with van der Waals surface area (Å²) in [7, 11) is 0. The minimum Gasteiger partial charge on any atom is -0.475 e. The highest BCUT2D eigenvalue weighted by molar-refractivity contribution is 7.09. The first-order valence-electron chi connectivity index (χ1n) is 9.86. The van der Waals surface area contributed by atoms with Crippen molar-refractivity contribution < 1.29 is 32.2 Å². The van der Waals surface area contributed by atoms with Crippen molar-refractivity contribution >= 4 is 23.3 Å². The molecule has 0 unspecified atom stereocenters. The molecule has 4 heterocycles. The van der Waals surface area contributed by atoms with E-state index in [2.05, 4.69) is 30.1 Å². The Kier molecular flexibility index (Phi) is 7.62. The predicted octanol–water partition coefficient (Wildman–Crippen LogP) is 2.89. The Morgan fingerprint density at radius 2 is 1.88 bits per heavy atom. The molecule has 2 aliphatic heterocycles. The third-order valence-corrected chi connectivity index (χ3v) is 6.02. The molecule has 0 aliphatic carbocycles. The predicted molar refractivity (Wildman–Crippen MR) is 108 cm³/mol. The first kappa shape index (κ1) is 24.3. The molecule has 13 heteroatoms. The number of carboxylic acid groups (broad SMARTS) is 1. The molecular weight excluding hydrogens is 454 g/mol. The van der Waals surface area contributed by atoms with E-state index in [1.165, 1.54) is 12.4 Å². The molecule has 1 spiro atoms. The molecule has 2 saturated heterocycles. The zero-order chi connectivity index (χ0) is 23.4. The number of alkyl halides is 3. The molecule has 0 radical (unpaired) electrons. The summed E-state index contributed by atoms with van der Waals surface area (Å²) in [5, 5.41) is 10.4. The number of nitrogens with zero attached hydrogens (tertiary/aromatic N) is 5. The zero-order valence-electron chi connectivity index (χ0n) is 17.3. The van der Waals surface area contributed by atoms with Gasteiger partial charge in [-0.05, 0) is 19.8 Å². The maximum Gasteiger partial charge on any atom is 0.490 e. The summed E-state index contributed by atoms with van der Waals surface area (Å²) in [6.45, 7) is 7.11. The van der Waals surface area contributed by atoms with Crippen molar-refractivity contribution in [3.63, 3.8) is 0 Å². The van der Waals surface area contributed by atoms with Gasteiger partial charge < -0.3 is 14.7 Å². The van der Waals surface area contributed by atoms with Crippen LogP contribution in [0.5, 0.6) is 0 Å². The van der Waals surface area contributed by atoms with Crippen molar-refractivity contribution in [2.24, 2.45) is 0 Å². The number of hydrogen-bond donors (Lipinski definition) is 1. The average molecular weight is 477 g/mol. The first-order chi connectivity index (χ1) is 15.1. The van der Waals surface area contributed by atoms with Gasteiger partial charge in [-0.2, -0.15) is 13.2 Å². The number of thiazole rings is 1. The average Bonchev–Trinajstić information content (AvgIpc) is 3.15. The molecule has 32 heavy (non-hydrogen) atoms. The Morgan fingerprint density at radius 3 is 2.41 bits per heavy atom. The smallest absolute Gasteiger partial charge is 0.475 e. The lowest BCUT2D eigenvalue weighted by atomic mass is 9.89. The lowest BCUT2D eigenvalue weighted by Crippen LogP contribution is -2.57. The quantitative estimate of drug-likeness (QED) is 0.675. The summed E-state index contributed by atoms with van der Waals surface area (Å²) in [6.07, 6.45) is -0.673. The number of ether oxygens (including phenoxy) is 1. The summed E-state index contributed by atoms with van der Waals surface area (Å²) in [5.74, 6) is -2.57. The highest BCUT2D eigenvalue weighted by Gasteiger charge is 2.40. The molecule has 0 bridgehead atoms. The van der Waals surface area contributed by atoms with Gasteiger partial charge in [-0.15, -0.1) is 11.3 Å². The number of hydrogen-bond acceptors (Lipinski definition) is 8. The normalized spacial score (nSPS) is 18.8. The number of aliphatic carboxylic acids is 1. The fraction of sp³-hybridized carbons (Fsp3) is 0.579. The molecule has 4 rings (SSSR count). The maximum absolute atomic E-state index is 13.0. The minimum absolute atomic E-state index is 0.148. The van der Waals surface area contributed by atoms with Crippen molar-refractivity contribution in [3.8, 4) is 0 Å².